The SMILES string of the molecule is CC[C@@H](Nc1cc(F)c(C(=O)N[C@@H](Cc2ccc(-c3c(C)cc(C)n(C)c3=O)c3ncccc23)C(=O)OC)c(F)c1)C(F)(F)F. The number of nitrogens with one attached hydrogen (secondary N) is 2. The van der Waals surface area contributed by atoms with Crippen LogP contribution in [-0.4, -0.2) is 46.8 Å². The number of fused-ring (bicyclic) bond motifs is 1. The van der Waals surface area contributed by atoms with Crippen LogP contribution in [0, 0.1) is 25.5 Å². The van der Waals surface area contributed by atoms with E-state index < -0.39 is 59.4 Å². The quantitative estimate of drug-likeness (QED) is 0.180. The van der Waals surface area contributed by atoms with Gasteiger partial charge in [-0.3, -0.25) is 14.6 Å². The number of methoxy groups -OCH3 is 1. The first-order valence-corrected chi connectivity index (χ1v) is 13.9. The summed E-state index contributed by atoms with van der Waals surface area (Å²) < 4.78 is 75.6. The number of halogens is 5. The average Bonchev–Trinajstić information content (AvgIpc) is 2.97. The third kappa shape index (κ3) is 6.81. The fourth-order valence-electron chi connectivity index (χ4n) is 5.19. The van der Waals surface area contributed by atoms with Crippen molar-refractivity contribution >= 4 is 28.5 Å². The first-order valence-electron chi connectivity index (χ1n) is 13.9. The van der Waals surface area contributed by atoms with Crippen LogP contribution in [0.4, 0.5) is 27.6 Å². The Morgan fingerprint density at radius 1 is 1.07 bits per heavy atom. The molecule has 0 bridgehead atoms. The monoisotopic (exact) mass is 630 g/mol. The molecule has 0 fully saturated rings. The number of aromatic nitrogens is 2. The number of anilines is 1. The van der Waals surface area contributed by atoms with Gasteiger partial charge in [0.2, 0.25) is 0 Å². The largest absolute Gasteiger partial charge is 0.467 e. The number of ether oxygens (including phenoxy) is 1. The second kappa shape index (κ2) is 13.0. The normalized spacial score (nSPS) is 12.9. The van der Waals surface area contributed by atoms with Crippen LogP contribution in [0.3, 0.4) is 0 Å². The number of carbonyl (C=O) groups is 2. The molecule has 1 amide bonds. The molecule has 2 aromatic heterocycles. The first kappa shape index (κ1) is 33.1. The summed E-state index contributed by atoms with van der Waals surface area (Å²) in [4.78, 5) is 43.5. The zero-order valence-electron chi connectivity index (χ0n) is 25.1. The molecule has 2 aromatic carbocycles. The van der Waals surface area contributed by atoms with Crippen molar-refractivity contribution in [2.75, 3.05) is 12.4 Å². The molecular formula is C32H31F5N4O4. The number of amides is 1. The Morgan fingerprint density at radius 3 is 2.33 bits per heavy atom. The Morgan fingerprint density at radius 2 is 1.73 bits per heavy atom. The third-order valence-corrected chi connectivity index (χ3v) is 7.63. The van der Waals surface area contributed by atoms with Crippen molar-refractivity contribution in [1.82, 2.24) is 14.9 Å². The van der Waals surface area contributed by atoms with Crippen molar-refractivity contribution in [2.24, 2.45) is 7.05 Å². The maximum atomic E-state index is 14.9. The van der Waals surface area contributed by atoms with Gasteiger partial charge < -0.3 is 19.9 Å². The predicted octanol–water partition coefficient (Wildman–Crippen LogP) is 5.76. The average molecular weight is 631 g/mol. The number of nitrogens with zero attached hydrogens (tertiary/aromatic N) is 2. The highest BCUT2D eigenvalue weighted by Gasteiger charge is 2.38. The van der Waals surface area contributed by atoms with Crippen molar-refractivity contribution in [2.45, 2.75) is 51.9 Å². The second-order valence-corrected chi connectivity index (χ2v) is 10.6. The number of benzene rings is 2. The molecule has 4 aromatic rings. The van der Waals surface area contributed by atoms with E-state index in [1.807, 2.05) is 25.2 Å². The van der Waals surface area contributed by atoms with E-state index in [0.717, 1.165) is 18.4 Å². The Hall–Kier alpha value is -4.81. The third-order valence-electron chi connectivity index (χ3n) is 7.63. The highest BCUT2D eigenvalue weighted by Crippen LogP contribution is 2.31. The molecule has 238 valence electrons. The van der Waals surface area contributed by atoms with Crippen molar-refractivity contribution in [1.29, 1.82) is 0 Å². The fourth-order valence-corrected chi connectivity index (χ4v) is 5.19. The maximum Gasteiger partial charge on any atom is 0.408 e. The molecule has 2 N–H and O–H groups in total. The number of carbonyl (C=O) groups excluding carboxylic acids is 2. The summed E-state index contributed by atoms with van der Waals surface area (Å²) in [5.74, 6) is -5.08. The topological polar surface area (TPSA) is 102 Å². The molecule has 0 aliphatic carbocycles. The number of alkyl halides is 3. The van der Waals surface area contributed by atoms with E-state index in [2.05, 4.69) is 10.3 Å². The number of esters is 1. The van der Waals surface area contributed by atoms with Crippen LogP contribution < -0.4 is 16.2 Å². The molecular weight excluding hydrogens is 599 g/mol. The van der Waals surface area contributed by atoms with Crippen LogP contribution in [0.25, 0.3) is 22.0 Å². The Bertz CT molecular complexity index is 1810. The Balaban J connectivity index is 1.68. The minimum Gasteiger partial charge on any atom is -0.467 e. The van der Waals surface area contributed by atoms with Gasteiger partial charge in [-0.2, -0.15) is 13.2 Å². The van der Waals surface area contributed by atoms with E-state index in [4.69, 9.17) is 4.74 Å². The van der Waals surface area contributed by atoms with E-state index in [-0.39, 0.29) is 12.0 Å². The number of pyridine rings is 2. The second-order valence-electron chi connectivity index (χ2n) is 10.6. The minimum atomic E-state index is -4.67. The molecule has 0 aliphatic rings. The molecule has 0 saturated heterocycles. The van der Waals surface area contributed by atoms with Gasteiger partial charge in [-0.25, -0.2) is 13.6 Å². The van der Waals surface area contributed by atoms with Crippen LogP contribution in [0.5, 0.6) is 0 Å². The number of rotatable bonds is 9. The lowest BCUT2D eigenvalue weighted by atomic mass is 9.93. The number of hydrogen-bond acceptors (Lipinski definition) is 6. The highest BCUT2D eigenvalue weighted by molar-refractivity contribution is 5.99. The number of aryl methyl sites for hydroxylation is 2. The molecule has 8 nitrogen and oxygen atoms in total. The summed E-state index contributed by atoms with van der Waals surface area (Å²) in [7, 11) is 2.74. The van der Waals surface area contributed by atoms with Crippen molar-refractivity contribution < 1.29 is 36.3 Å². The lowest BCUT2D eigenvalue weighted by Gasteiger charge is -2.22. The van der Waals surface area contributed by atoms with Crippen molar-refractivity contribution in [3.8, 4) is 11.1 Å². The van der Waals surface area contributed by atoms with Crippen molar-refractivity contribution in [3.05, 3.63) is 93.0 Å². The molecule has 0 unspecified atom stereocenters. The molecule has 13 heteroatoms. The van der Waals surface area contributed by atoms with Crippen LogP contribution >= 0.6 is 0 Å². The summed E-state index contributed by atoms with van der Waals surface area (Å²) in [6.45, 7) is 4.89. The lowest BCUT2D eigenvalue weighted by Crippen LogP contribution is -2.43. The summed E-state index contributed by atoms with van der Waals surface area (Å²) >= 11 is 0. The van der Waals surface area contributed by atoms with Gasteiger partial charge in [0, 0.05) is 42.0 Å². The predicted molar refractivity (Wildman–Crippen MR) is 159 cm³/mol. The molecule has 2 heterocycles. The lowest BCUT2D eigenvalue weighted by molar-refractivity contribution is -0.143. The molecule has 0 aliphatic heterocycles. The molecule has 45 heavy (non-hydrogen) atoms. The van der Waals surface area contributed by atoms with E-state index in [9.17, 15) is 36.3 Å². The number of hydrogen-bond donors (Lipinski definition) is 2. The van der Waals surface area contributed by atoms with E-state index in [1.165, 1.54) is 11.5 Å². The molecule has 4 rings (SSSR count). The van der Waals surface area contributed by atoms with Crippen LogP contribution in [0.2, 0.25) is 0 Å². The summed E-state index contributed by atoms with van der Waals surface area (Å²) in [5, 5.41) is 4.87. The molecule has 0 spiro atoms. The van der Waals surface area contributed by atoms with E-state index in [1.54, 1.807) is 37.5 Å². The van der Waals surface area contributed by atoms with E-state index in [0.29, 0.717) is 39.7 Å². The zero-order chi connectivity index (χ0) is 33.2. The van der Waals surface area contributed by atoms with Gasteiger partial charge in [-0.1, -0.05) is 25.1 Å². The van der Waals surface area contributed by atoms with Crippen LogP contribution in [0.1, 0.15) is 40.5 Å². The van der Waals surface area contributed by atoms with Gasteiger partial charge in [0.1, 0.15) is 29.3 Å². The molecule has 0 saturated carbocycles. The van der Waals surface area contributed by atoms with Gasteiger partial charge in [-0.15, -0.1) is 0 Å². The Labute approximate surface area is 255 Å². The first-order chi connectivity index (χ1) is 21.2. The van der Waals surface area contributed by atoms with Gasteiger partial charge in [0.05, 0.1) is 18.2 Å². The summed E-state index contributed by atoms with van der Waals surface area (Å²) in [5.41, 5.74) is 1.67. The fraction of sp³-hybridized carbons (Fsp3) is 0.312. The van der Waals surface area contributed by atoms with Crippen LogP contribution in [-0.2, 0) is 23.0 Å². The smallest absolute Gasteiger partial charge is 0.408 e. The zero-order valence-corrected chi connectivity index (χ0v) is 25.1. The maximum absolute atomic E-state index is 14.9. The van der Waals surface area contributed by atoms with Gasteiger partial charge in [0.15, 0.2) is 0 Å². The van der Waals surface area contributed by atoms with Gasteiger partial charge in [-0.05, 0) is 55.7 Å². The highest BCUT2D eigenvalue weighted by atomic mass is 19.4. The standard InChI is InChI=1S/C32H31F5N4O4/c1-6-25(32(35,36)37)39-19-14-22(33)27(23(34)15-19)29(42)40-24(31(44)45-5)13-18-9-10-21(28-20(18)8-7-11-38-28)26-16(2)12-17(3)41(4)30(26)43/h7-12,14-15,24-25,39H,6,13H2,1-5H3,(H,40,42)/t24-,25+/m0/s1. The molecule has 0 radical (unpaired) electrons. The van der Waals surface area contributed by atoms with E-state index >= 15 is 0 Å². The van der Waals surface area contributed by atoms with Gasteiger partial charge in [0.25, 0.3) is 11.5 Å². The van der Waals surface area contributed by atoms with Crippen molar-refractivity contribution in [3.63, 3.8) is 0 Å². The van der Waals surface area contributed by atoms with Gasteiger partial charge >= 0.3 is 12.1 Å². The Kier molecular flexibility index (Phi) is 9.59. The summed E-state index contributed by atoms with van der Waals surface area (Å²) in [6.07, 6.45) is -3.71. The summed E-state index contributed by atoms with van der Waals surface area (Å²) in [6, 6.07) is 6.27. The minimum absolute atomic E-state index is 0.182. The van der Waals surface area contributed by atoms with Crippen LogP contribution in [0.15, 0.2) is 53.5 Å². The molecule has 2 atom stereocenters.